The summed E-state index contributed by atoms with van der Waals surface area (Å²) in [6.45, 7) is 5.08. The SMILES string of the molecule is CCN(CC)c1ncnc(OC)c1[N+](=O)[O-]. The highest BCUT2D eigenvalue weighted by Crippen LogP contribution is 2.32. The van der Waals surface area contributed by atoms with Crippen LogP contribution in [0.1, 0.15) is 13.8 Å². The molecule has 1 rings (SSSR count). The van der Waals surface area contributed by atoms with Crippen LogP contribution in [0.4, 0.5) is 11.5 Å². The third kappa shape index (κ3) is 2.18. The lowest BCUT2D eigenvalue weighted by molar-refractivity contribution is -0.385. The average Bonchev–Trinajstić information content (AvgIpc) is 2.30. The molecule has 0 aliphatic rings. The smallest absolute Gasteiger partial charge is 0.372 e. The molecule has 0 amide bonds. The van der Waals surface area contributed by atoms with Crippen molar-refractivity contribution in [2.45, 2.75) is 13.8 Å². The predicted octanol–water partition coefficient (Wildman–Crippen LogP) is 1.24. The summed E-state index contributed by atoms with van der Waals surface area (Å²) in [4.78, 5) is 19.9. The molecule has 0 aliphatic heterocycles. The lowest BCUT2D eigenvalue weighted by Crippen LogP contribution is -2.24. The molecule has 0 N–H and O–H groups in total. The van der Waals surface area contributed by atoms with E-state index < -0.39 is 4.92 Å². The highest BCUT2D eigenvalue weighted by Gasteiger charge is 2.26. The first-order chi connectivity index (χ1) is 7.65. The molecule has 0 bridgehead atoms. The van der Waals surface area contributed by atoms with E-state index in [-0.39, 0.29) is 11.6 Å². The number of methoxy groups -OCH3 is 1. The molecule has 1 heterocycles. The largest absolute Gasteiger partial charge is 0.476 e. The molecule has 0 spiro atoms. The Labute approximate surface area is 93.2 Å². The molecule has 0 saturated heterocycles. The molecule has 7 nitrogen and oxygen atoms in total. The van der Waals surface area contributed by atoms with Crippen LogP contribution in [0.15, 0.2) is 6.33 Å². The van der Waals surface area contributed by atoms with Crippen molar-refractivity contribution in [2.75, 3.05) is 25.1 Å². The molecular formula is C9H14N4O3. The maximum atomic E-state index is 11.0. The van der Waals surface area contributed by atoms with Crippen molar-refractivity contribution in [1.82, 2.24) is 9.97 Å². The summed E-state index contributed by atoms with van der Waals surface area (Å²) in [5.41, 5.74) is -0.186. The van der Waals surface area contributed by atoms with Crippen LogP contribution in [-0.2, 0) is 0 Å². The molecule has 0 fully saturated rings. The van der Waals surface area contributed by atoms with Gasteiger partial charge in [-0.15, -0.1) is 0 Å². The van der Waals surface area contributed by atoms with Crippen molar-refractivity contribution in [3.05, 3.63) is 16.4 Å². The summed E-state index contributed by atoms with van der Waals surface area (Å²) < 4.78 is 4.87. The van der Waals surface area contributed by atoms with Crippen LogP contribution in [0, 0.1) is 10.1 Å². The van der Waals surface area contributed by atoms with Crippen LogP contribution in [-0.4, -0.2) is 35.1 Å². The predicted molar refractivity (Wildman–Crippen MR) is 58.8 cm³/mol. The van der Waals surface area contributed by atoms with Gasteiger partial charge in [-0.2, -0.15) is 4.98 Å². The number of hydrogen-bond donors (Lipinski definition) is 0. The van der Waals surface area contributed by atoms with Crippen LogP contribution in [0.3, 0.4) is 0 Å². The summed E-state index contributed by atoms with van der Waals surface area (Å²) >= 11 is 0. The van der Waals surface area contributed by atoms with Crippen LogP contribution in [0.5, 0.6) is 5.88 Å². The van der Waals surface area contributed by atoms with Gasteiger partial charge in [0.15, 0.2) is 0 Å². The molecule has 0 saturated carbocycles. The molecule has 0 atom stereocenters. The van der Waals surface area contributed by atoms with Gasteiger partial charge in [0.05, 0.1) is 12.0 Å². The maximum Gasteiger partial charge on any atom is 0.372 e. The fourth-order valence-electron chi connectivity index (χ4n) is 1.42. The molecule has 0 radical (unpaired) electrons. The zero-order valence-electron chi connectivity index (χ0n) is 9.51. The maximum absolute atomic E-state index is 11.0. The lowest BCUT2D eigenvalue weighted by Gasteiger charge is -2.19. The van der Waals surface area contributed by atoms with E-state index in [1.54, 1.807) is 4.90 Å². The van der Waals surface area contributed by atoms with Crippen molar-refractivity contribution in [3.8, 4) is 5.88 Å². The molecular weight excluding hydrogens is 212 g/mol. The Morgan fingerprint density at radius 1 is 1.44 bits per heavy atom. The van der Waals surface area contributed by atoms with Crippen LogP contribution in [0.25, 0.3) is 0 Å². The lowest BCUT2D eigenvalue weighted by atomic mass is 10.4. The standard InChI is InChI=1S/C9H14N4O3/c1-4-12(5-2)8-7(13(14)15)9(16-3)11-6-10-8/h6H,4-5H2,1-3H3. The van der Waals surface area contributed by atoms with Gasteiger partial charge >= 0.3 is 5.69 Å². The second-order valence-corrected chi connectivity index (χ2v) is 2.98. The van der Waals surface area contributed by atoms with Gasteiger partial charge < -0.3 is 9.64 Å². The summed E-state index contributed by atoms with van der Waals surface area (Å²) in [5.74, 6) is 0.281. The van der Waals surface area contributed by atoms with E-state index >= 15 is 0 Å². The molecule has 1 aromatic heterocycles. The molecule has 0 unspecified atom stereocenters. The Morgan fingerprint density at radius 2 is 2.06 bits per heavy atom. The first-order valence-corrected chi connectivity index (χ1v) is 4.94. The van der Waals surface area contributed by atoms with E-state index in [0.717, 1.165) is 0 Å². The summed E-state index contributed by atoms with van der Waals surface area (Å²) in [6, 6.07) is 0. The molecule has 7 heteroatoms. The van der Waals surface area contributed by atoms with E-state index in [1.807, 2.05) is 13.8 Å². The van der Waals surface area contributed by atoms with Gasteiger partial charge in [-0.3, -0.25) is 10.1 Å². The number of hydrogen-bond acceptors (Lipinski definition) is 6. The van der Waals surface area contributed by atoms with Gasteiger partial charge in [0.1, 0.15) is 6.33 Å². The first kappa shape index (κ1) is 12.2. The van der Waals surface area contributed by atoms with Gasteiger partial charge in [0.2, 0.25) is 5.82 Å². The van der Waals surface area contributed by atoms with Gasteiger partial charge in [-0.25, -0.2) is 4.98 Å². The van der Waals surface area contributed by atoms with Gasteiger partial charge in [0, 0.05) is 13.1 Å². The van der Waals surface area contributed by atoms with E-state index in [1.165, 1.54) is 13.4 Å². The van der Waals surface area contributed by atoms with Crippen LogP contribution < -0.4 is 9.64 Å². The summed E-state index contributed by atoms with van der Waals surface area (Å²) in [6.07, 6.45) is 1.26. The molecule has 0 aromatic carbocycles. The molecule has 16 heavy (non-hydrogen) atoms. The minimum atomic E-state index is -0.521. The van der Waals surface area contributed by atoms with Gasteiger partial charge in [0.25, 0.3) is 5.88 Å². The molecule has 0 aliphatic carbocycles. The number of nitrogens with zero attached hydrogens (tertiary/aromatic N) is 4. The topological polar surface area (TPSA) is 81.4 Å². The number of aromatic nitrogens is 2. The Hall–Kier alpha value is -1.92. The Balaban J connectivity index is 3.31. The third-order valence-electron chi connectivity index (χ3n) is 2.21. The second-order valence-electron chi connectivity index (χ2n) is 2.98. The van der Waals surface area contributed by atoms with Crippen LogP contribution in [0.2, 0.25) is 0 Å². The van der Waals surface area contributed by atoms with Crippen molar-refractivity contribution in [3.63, 3.8) is 0 Å². The first-order valence-electron chi connectivity index (χ1n) is 4.94. The van der Waals surface area contributed by atoms with Crippen LogP contribution >= 0.6 is 0 Å². The molecule has 88 valence electrons. The number of ether oxygens (including phenoxy) is 1. The van der Waals surface area contributed by atoms with E-state index in [0.29, 0.717) is 18.9 Å². The Kier molecular flexibility index (Phi) is 3.98. The van der Waals surface area contributed by atoms with Crippen molar-refractivity contribution in [1.29, 1.82) is 0 Å². The van der Waals surface area contributed by atoms with E-state index in [2.05, 4.69) is 9.97 Å². The normalized spacial score (nSPS) is 9.94. The minimum absolute atomic E-state index is 0.0121. The highest BCUT2D eigenvalue weighted by molar-refractivity contribution is 5.62. The summed E-state index contributed by atoms with van der Waals surface area (Å²) in [5, 5.41) is 11.0. The third-order valence-corrected chi connectivity index (χ3v) is 2.21. The second kappa shape index (κ2) is 5.24. The van der Waals surface area contributed by atoms with E-state index in [4.69, 9.17) is 4.74 Å². The Morgan fingerprint density at radius 3 is 2.50 bits per heavy atom. The zero-order valence-corrected chi connectivity index (χ0v) is 9.51. The fourth-order valence-corrected chi connectivity index (χ4v) is 1.42. The summed E-state index contributed by atoms with van der Waals surface area (Å²) in [7, 11) is 1.35. The number of rotatable bonds is 5. The number of nitro groups is 1. The highest BCUT2D eigenvalue weighted by atomic mass is 16.6. The van der Waals surface area contributed by atoms with Crippen molar-refractivity contribution >= 4 is 11.5 Å². The number of anilines is 1. The monoisotopic (exact) mass is 226 g/mol. The van der Waals surface area contributed by atoms with Crippen molar-refractivity contribution in [2.24, 2.45) is 0 Å². The zero-order chi connectivity index (χ0) is 12.1. The minimum Gasteiger partial charge on any atom is -0.476 e. The average molecular weight is 226 g/mol. The van der Waals surface area contributed by atoms with Crippen molar-refractivity contribution < 1.29 is 9.66 Å². The quantitative estimate of drug-likeness (QED) is 0.555. The van der Waals surface area contributed by atoms with Gasteiger partial charge in [-0.1, -0.05) is 0 Å². The molecule has 1 aromatic rings. The van der Waals surface area contributed by atoms with Gasteiger partial charge in [-0.05, 0) is 13.8 Å². The fraction of sp³-hybridized carbons (Fsp3) is 0.556. The van der Waals surface area contributed by atoms with E-state index in [9.17, 15) is 10.1 Å². The Bertz CT molecular complexity index is 379.